The van der Waals surface area contributed by atoms with Crippen LogP contribution >= 0.6 is 0 Å². The van der Waals surface area contributed by atoms with Crippen LogP contribution < -0.4 is 4.72 Å². The van der Waals surface area contributed by atoms with Crippen molar-refractivity contribution in [2.24, 2.45) is 0 Å². The first-order valence-electron chi connectivity index (χ1n) is 5.38. The molecule has 112 valence electrons. The van der Waals surface area contributed by atoms with E-state index in [2.05, 4.69) is 10.2 Å². The molecule has 2 aromatic rings. The van der Waals surface area contributed by atoms with E-state index in [1.807, 2.05) is 4.72 Å². The molecule has 0 bridgehead atoms. The quantitative estimate of drug-likeness (QED) is 0.657. The fraction of sp³-hybridized carbons (Fsp3) is 0.100. The van der Waals surface area contributed by atoms with Gasteiger partial charge < -0.3 is 0 Å². The highest BCUT2D eigenvalue weighted by atomic mass is 32.2. The fourth-order valence-corrected chi connectivity index (χ4v) is 2.76. The Labute approximate surface area is 117 Å². The number of hydrogen-bond acceptors (Lipinski definition) is 5. The summed E-state index contributed by atoms with van der Waals surface area (Å²) in [6.45, 7) is 1.42. The van der Waals surface area contributed by atoms with Gasteiger partial charge in [0.1, 0.15) is 4.90 Å². The number of anilines is 1. The van der Waals surface area contributed by atoms with Crippen LogP contribution in [0.4, 0.5) is 20.2 Å². The van der Waals surface area contributed by atoms with Crippen LogP contribution in [0.1, 0.15) is 5.69 Å². The zero-order chi connectivity index (χ0) is 15.8. The Morgan fingerprint density at radius 2 is 2.00 bits per heavy atom. The molecule has 0 aliphatic rings. The van der Waals surface area contributed by atoms with Gasteiger partial charge in [-0.1, -0.05) is 0 Å². The van der Waals surface area contributed by atoms with Gasteiger partial charge in [0.25, 0.3) is 10.0 Å². The van der Waals surface area contributed by atoms with Crippen LogP contribution in [-0.4, -0.2) is 23.5 Å². The fourth-order valence-electron chi connectivity index (χ4n) is 1.57. The van der Waals surface area contributed by atoms with Gasteiger partial charge in [-0.3, -0.25) is 19.9 Å². The smallest absolute Gasteiger partial charge is 0.281 e. The number of nitrogens with zero attached hydrogens (tertiary/aromatic N) is 2. The number of nitro groups is 1. The van der Waals surface area contributed by atoms with Crippen LogP contribution in [0.25, 0.3) is 0 Å². The van der Waals surface area contributed by atoms with Gasteiger partial charge >= 0.3 is 5.69 Å². The van der Waals surface area contributed by atoms with Gasteiger partial charge in [-0.25, -0.2) is 12.8 Å². The Kier molecular flexibility index (Phi) is 3.60. The van der Waals surface area contributed by atoms with Gasteiger partial charge in [-0.2, -0.15) is 9.49 Å². The third kappa shape index (κ3) is 2.81. The second kappa shape index (κ2) is 5.09. The Morgan fingerprint density at radius 3 is 2.52 bits per heavy atom. The van der Waals surface area contributed by atoms with Crippen LogP contribution in [0.5, 0.6) is 0 Å². The molecular weight excluding hydrogens is 310 g/mol. The molecule has 0 amide bonds. The maximum absolute atomic E-state index is 13.6. The number of nitrogens with one attached hydrogen (secondary N) is 2. The van der Waals surface area contributed by atoms with Crippen LogP contribution in [0.3, 0.4) is 0 Å². The number of benzene rings is 1. The van der Waals surface area contributed by atoms with Crippen LogP contribution in [0.2, 0.25) is 0 Å². The van der Waals surface area contributed by atoms with Gasteiger partial charge in [0.2, 0.25) is 5.82 Å². The summed E-state index contributed by atoms with van der Waals surface area (Å²) in [5.74, 6) is -2.68. The summed E-state index contributed by atoms with van der Waals surface area (Å²) in [4.78, 5) is 9.24. The van der Waals surface area contributed by atoms with E-state index < -0.39 is 38.0 Å². The summed E-state index contributed by atoms with van der Waals surface area (Å²) in [7, 11) is -4.21. The van der Waals surface area contributed by atoms with Crippen molar-refractivity contribution >= 4 is 21.4 Å². The van der Waals surface area contributed by atoms with Gasteiger partial charge in [0, 0.05) is 12.1 Å². The molecule has 0 saturated heterocycles. The summed E-state index contributed by atoms with van der Waals surface area (Å²) in [5, 5.41) is 16.5. The minimum absolute atomic E-state index is 0.194. The lowest BCUT2D eigenvalue weighted by Crippen LogP contribution is -2.15. The zero-order valence-electron chi connectivity index (χ0n) is 10.4. The number of nitro benzene ring substituents is 1. The summed E-state index contributed by atoms with van der Waals surface area (Å²) < 4.78 is 52.6. The minimum Gasteiger partial charge on any atom is -0.281 e. The number of sulfonamides is 1. The van der Waals surface area contributed by atoms with E-state index >= 15 is 0 Å². The Bertz CT molecular complexity index is 818. The molecule has 21 heavy (non-hydrogen) atoms. The van der Waals surface area contributed by atoms with E-state index in [-0.39, 0.29) is 16.7 Å². The predicted octanol–water partition coefficient (Wildman–Crippen LogP) is 1.71. The van der Waals surface area contributed by atoms with Crippen molar-refractivity contribution in [3.05, 3.63) is 45.8 Å². The highest BCUT2D eigenvalue weighted by Gasteiger charge is 2.24. The number of aromatic amines is 1. The molecule has 11 heteroatoms. The highest BCUT2D eigenvalue weighted by molar-refractivity contribution is 7.92. The number of aromatic nitrogens is 2. The molecule has 1 heterocycles. The number of rotatable bonds is 4. The van der Waals surface area contributed by atoms with E-state index in [0.717, 1.165) is 6.20 Å². The monoisotopic (exact) mass is 318 g/mol. The third-order valence-electron chi connectivity index (χ3n) is 2.55. The van der Waals surface area contributed by atoms with Crippen molar-refractivity contribution in [3.63, 3.8) is 0 Å². The molecule has 0 unspecified atom stereocenters. The summed E-state index contributed by atoms with van der Waals surface area (Å²) >= 11 is 0. The van der Waals surface area contributed by atoms with Crippen molar-refractivity contribution in [1.82, 2.24) is 10.2 Å². The molecule has 1 aromatic heterocycles. The first-order valence-corrected chi connectivity index (χ1v) is 6.87. The third-order valence-corrected chi connectivity index (χ3v) is 4.03. The standard InChI is InChI=1S/C10H8F2N4O4S/c1-5-10(4-13-14-5)21(19,20)15-8-3-9(16(17)18)7(12)2-6(8)11/h2-4,15H,1H3,(H,13,14). The lowest BCUT2D eigenvalue weighted by molar-refractivity contribution is -0.387. The number of halogens is 2. The Hall–Kier alpha value is -2.56. The largest absolute Gasteiger partial charge is 0.307 e. The molecule has 0 atom stereocenters. The minimum atomic E-state index is -4.21. The SMILES string of the molecule is Cc1[nH]ncc1S(=O)(=O)Nc1cc([N+](=O)[O-])c(F)cc1F. The average Bonchev–Trinajstić information content (AvgIpc) is 2.79. The number of H-pyrrole nitrogens is 1. The molecule has 2 rings (SSSR count). The molecule has 1 aromatic carbocycles. The van der Waals surface area contributed by atoms with E-state index in [1.54, 1.807) is 0 Å². The van der Waals surface area contributed by atoms with Gasteiger partial charge in [0.05, 0.1) is 22.5 Å². The van der Waals surface area contributed by atoms with Crippen LogP contribution in [0, 0.1) is 28.7 Å². The summed E-state index contributed by atoms with van der Waals surface area (Å²) in [6.07, 6.45) is 0.994. The van der Waals surface area contributed by atoms with Crippen molar-refractivity contribution in [2.45, 2.75) is 11.8 Å². The topological polar surface area (TPSA) is 118 Å². The van der Waals surface area contributed by atoms with Crippen LogP contribution in [0.15, 0.2) is 23.2 Å². The molecule has 0 fully saturated rings. The molecule has 0 aliphatic carbocycles. The second-order valence-corrected chi connectivity index (χ2v) is 5.66. The molecule has 0 spiro atoms. The molecular formula is C10H8F2N4O4S. The first-order chi connectivity index (χ1) is 9.72. The average molecular weight is 318 g/mol. The lowest BCUT2D eigenvalue weighted by Gasteiger charge is -2.08. The van der Waals surface area contributed by atoms with Crippen molar-refractivity contribution in [1.29, 1.82) is 0 Å². The summed E-state index contributed by atoms with van der Waals surface area (Å²) in [6, 6.07) is 0.704. The van der Waals surface area contributed by atoms with E-state index in [1.165, 1.54) is 6.92 Å². The van der Waals surface area contributed by atoms with Gasteiger partial charge in [0.15, 0.2) is 5.82 Å². The zero-order valence-corrected chi connectivity index (χ0v) is 11.2. The summed E-state index contributed by atoms with van der Waals surface area (Å²) in [5.41, 5.74) is -1.58. The number of hydrogen-bond donors (Lipinski definition) is 2. The normalized spacial score (nSPS) is 11.4. The maximum atomic E-state index is 13.6. The lowest BCUT2D eigenvalue weighted by atomic mass is 10.2. The maximum Gasteiger partial charge on any atom is 0.307 e. The molecule has 2 N–H and O–H groups in total. The number of aryl methyl sites for hydroxylation is 1. The molecule has 8 nitrogen and oxygen atoms in total. The van der Waals surface area contributed by atoms with Crippen molar-refractivity contribution in [3.8, 4) is 0 Å². The molecule has 0 radical (unpaired) electrons. The van der Waals surface area contributed by atoms with E-state index in [4.69, 9.17) is 0 Å². The van der Waals surface area contributed by atoms with Crippen molar-refractivity contribution in [2.75, 3.05) is 4.72 Å². The van der Waals surface area contributed by atoms with Crippen molar-refractivity contribution < 1.29 is 22.1 Å². The van der Waals surface area contributed by atoms with Gasteiger partial charge in [-0.15, -0.1) is 0 Å². The van der Waals surface area contributed by atoms with E-state index in [9.17, 15) is 27.3 Å². The first kappa shape index (κ1) is 14.8. The second-order valence-electron chi connectivity index (χ2n) is 4.01. The van der Waals surface area contributed by atoms with Gasteiger partial charge in [-0.05, 0) is 6.92 Å². The Morgan fingerprint density at radius 1 is 1.33 bits per heavy atom. The van der Waals surface area contributed by atoms with E-state index in [0.29, 0.717) is 6.07 Å². The highest BCUT2D eigenvalue weighted by Crippen LogP contribution is 2.27. The Balaban J connectivity index is 2.47. The molecule has 0 aliphatic heterocycles. The molecule has 0 saturated carbocycles. The predicted molar refractivity (Wildman–Crippen MR) is 67.1 cm³/mol. The van der Waals surface area contributed by atoms with Crippen LogP contribution in [-0.2, 0) is 10.0 Å².